The van der Waals surface area contributed by atoms with E-state index in [1.54, 1.807) is 0 Å². The van der Waals surface area contributed by atoms with Crippen LogP contribution < -0.4 is 15.8 Å². The number of nitrogens with one attached hydrogen (secondary N) is 1. The van der Waals surface area contributed by atoms with E-state index in [1.807, 2.05) is 54.6 Å². The summed E-state index contributed by atoms with van der Waals surface area (Å²) >= 11 is 0. The number of nitrogens with zero attached hydrogens (tertiary/aromatic N) is 2. The van der Waals surface area contributed by atoms with Crippen LogP contribution in [0.2, 0.25) is 0 Å². The number of hydrogen-bond acceptors (Lipinski definition) is 3. The molecule has 0 aliphatic rings. The number of aromatic amines is 1. The molecule has 168 valence electrons. The lowest BCUT2D eigenvalue weighted by atomic mass is 10.0. The molecular formula is C28H29N3O2. The maximum Gasteiger partial charge on any atom is 0.199 e. The molecule has 0 saturated carbocycles. The van der Waals surface area contributed by atoms with Crippen molar-refractivity contribution in [1.82, 2.24) is 9.55 Å². The van der Waals surface area contributed by atoms with Crippen LogP contribution in [-0.4, -0.2) is 22.6 Å². The van der Waals surface area contributed by atoms with Crippen molar-refractivity contribution in [3.8, 4) is 0 Å². The number of hydrogen-bond donors (Lipinski definition) is 1. The molecule has 0 aliphatic heterocycles. The van der Waals surface area contributed by atoms with Gasteiger partial charge in [0, 0.05) is 35.9 Å². The summed E-state index contributed by atoms with van der Waals surface area (Å²) in [6.45, 7) is 8.74. The molecule has 1 N–H and O–H groups in total. The number of para-hydroxylation sites is 2. The molecule has 2 aromatic heterocycles. The highest BCUT2D eigenvalue weighted by Gasteiger charge is 2.22. The Kier molecular flexibility index (Phi) is 5.41. The average molecular weight is 440 g/mol. The lowest BCUT2D eigenvalue weighted by Crippen LogP contribution is -2.28. The van der Waals surface area contributed by atoms with Crippen molar-refractivity contribution in [2.24, 2.45) is 0 Å². The fourth-order valence-corrected chi connectivity index (χ4v) is 5.18. The zero-order chi connectivity index (χ0) is 23.1. The van der Waals surface area contributed by atoms with Gasteiger partial charge in [0.25, 0.3) is 0 Å². The van der Waals surface area contributed by atoms with Crippen molar-refractivity contribution >= 4 is 49.3 Å². The normalized spacial score (nSPS) is 11.7. The third kappa shape index (κ3) is 3.22. The maximum absolute atomic E-state index is 13.9. The summed E-state index contributed by atoms with van der Waals surface area (Å²) in [5, 5.41) is 2.70. The molecule has 5 nitrogen and oxygen atoms in total. The van der Waals surface area contributed by atoms with E-state index in [4.69, 9.17) is 0 Å². The molecule has 0 saturated heterocycles. The lowest BCUT2D eigenvalue weighted by Gasteiger charge is -2.28. The first-order valence-electron chi connectivity index (χ1n) is 11.9. The van der Waals surface area contributed by atoms with Gasteiger partial charge in [-0.2, -0.15) is 0 Å². The first-order valence-corrected chi connectivity index (χ1v) is 11.9. The second-order valence-corrected chi connectivity index (χ2v) is 8.62. The molecule has 0 radical (unpaired) electrons. The minimum atomic E-state index is 0.00963. The van der Waals surface area contributed by atoms with Gasteiger partial charge in [-0.1, -0.05) is 38.1 Å². The van der Waals surface area contributed by atoms with Crippen LogP contribution in [0.25, 0.3) is 43.6 Å². The van der Waals surface area contributed by atoms with Gasteiger partial charge >= 0.3 is 0 Å². The number of pyridine rings is 2. The summed E-state index contributed by atoms with van der Waals surface area (Å²) in [6.07, 6.45) is 1.90. The van der Waals surface area contributed by atoms with Gasteiger partial charge in [0.1, 0.15) is 0 Å². The highest BCUT2D eigenvalue weighted by Crippen LogP contribution is 2.35. The van der Waals surface area contributed by atoms with Gasteiger partial charge in [-0.25, -0.2) is 0 Å². The quantitative estimate of drug-likeness (QED) is 0.340. The van der Waals surface area contributed by atoms with Crippen molar-refractivity contribution in [1.29, 1.82) is 0 Å². The van der Waals surface area contributed by atoms with Crippen LogP contribution in [0.3, 0.4) is 0 Å². The van der Waals surface area contributed by atoms with E-state index < -0.39 is 0 Å². The minimum absolute atomic E-state index is 0.00963. The summed E-state index contributed by atoms with van der Waals surface area (Å²) in [6, 6.07) is 17.3. The van der Waals surface area contributed by atoms with Crippen LogP contribution >= 0.6 is 0 Å². The van der Waals surface area contributed by atoms with Crippen molar-refractivity contribution in [3.63, 3.8) is 0 Å². The van der Waals surface area contributed by atoms with Crippen molar-refractivity contribution in [2.75, 3.05) is 18.0 Å². The third-order valence-corrected chi connectivity index (χ3v) is 6.52. The Morgan fingerprint density at radius 2 is 1.45 bits per heavy atom. The number of fused-ring (bicyclic) bond motifs is 4. The largest absolute Gasteiger partial charge is 0.369 e. The van der Waals surface area contributed by atoms with E-state index in [-0.39, 0.29) is 10.9 Å². The standard InChI is InChI=1S/C28H29N3O2/c1-4-15-30(16-5-2)26-24-22(29-21-13-9-7-11-18(21)28(24)33)17-20-25(26)31(6-3)23-14-10-8-12-19(23)27(20)32/h7-14,17H,4-6,15-16H2,1-3H3,(H,29,33). The van der Waals surface area contributed by atoms with E-state index >= 15 is 0 Å². The van der Waals surface area contributed by atoms with E-state index in [9.17, 15) is 9.59 Å². The second-order valence-electron chi connectivity index (χ2n) is 8.62. The summed E-state index contributed by atoms with van der Waals surface area (Å²) in [5.41, 5.74) is 4.16. The number of anilines is 1. The molecule has 0 atom stereocenters. The molecule has 3 aromatic carbocycles. The molecule has 2 heterocycles. The topological polar surface area (TPSA) is 58.1 Å². The number of rotatable bonds is 6. The van der Waals surface area contributed by atoms with Crippen LogP contribution in [-0.2, 0) is 6.54 Å². The first-order chi connectivity index (χ1) is 16.1. The summed E-state index contributed by atoms with van der Waals surface area (Å²) in [4.78, 5) is 33.4. The molecule has 0 fully saturated rings. The van der Waals surface area contributed by atoms with Gasteiger partial charge in [-0.15, -0.1) is 0 Å². The zero-order valence-corrected chi connectivity index (χ0v) is 19.4. The van der Waals surface area contributed by atoms with Crippen molar-refractivity contribution in [3.05, 3.63) is 75.0 Å². The van der Waals surface area contributed by atoms with Gasteiger partial charge in [-0.05, 0) is 50.1 Å². The van der Waals surface area contributed by atoms with E-state index in [0.717, 1.165) is 48.2 Å². The maximum atomic E-state index is 13.9. The molecule has 5 heteroatoms. The molecule has 0 aliphatic carbocycles. The Hall–Kier alpha value is -3.60. The smallest absolute Gasteiger partial charge is 0.199 e. The van der Waals surface area contributed by atoms with E-state index in [2.05, 4.69) is 35.2 Å². The van der Waals surface area contributed by atoms with Crippen LogP contribution in [0, 0.1) is 0 Å². The molecule has 5 aromatic rings. The predicted octanol–water partition coefficient (Wildman–Crippen LogP) is 5.80. The molecule has 0 unspecified atom stereocenters. The molecule has 0 amide bonds. The average Bonchev–Trinajstić information content (AvgIpc) is 2.84. The van der Waals surface area contributed by atoms with Gasteiger partial charge in [0.15, 0.2) is 10.9 Å². The second kappa shape index (κ2) is 8.39. The third-order valence-electron chi connectivity index (χ3n) is 6.52. The molecule has 0 spiro atoms. The molecule has 33 heavy (non-hydrogen) atoms. The number of aryl methyl sites for hydroxylation is 1. The summed E-state index contributed by atoms with van der Waals surface area (Å²) in [5.74, 6) is 0. The number of benzene rings is 3. The Balaban J connectivity index is 2.11. The van der Waals surface area contributed by atoms with Gasteiger partial charge in [0.2, 0.25) is 0 Å². The van der Waals surface area contributed by atoms with Gasteiger partial charge in [-0.3, -0.25) is 9.59 Å². The first kappa shape index (κ1) is 21.3. The minimum Gasteiger partial charge on any atom is -0.369 e. The monoisotopic (exact) mass is 439 g/mol. The lowest BCUT2D eigenvalue weighted by molar-refractivity contribution is 0.743. The van der Waals surface area contributed by atoms with Crippen molar-refractivity contribution < 1.29 is 0 Å². The highest BCUT2D eigenvalue weighted by atomic mass is 16.1. The summed E-state index contributed by atoms with van der Waals surface area (Å²) < 4.78 is 2.20. The SMILES string of the molecule is CCCN(CCC)c1c2c(=O)c3ccccc3[nH]c2cc2c(=O)c3ccccc3n(CC)c12. The van der Waals surface area contributed by atoms with E-state index in [0.29, 0.717) is 33.6 Å². The van der Waals surface area contributed by atoms with Crippen LogP contribution in [0.15, 0.2) is 64.2 Å². The Morgan fingerprint density at radius 3 is 2.15 bits per heavy atom. The Labute approximate surface area is 192 Å². The molecule has 5 rings (SSSR count). The number of aromatic nitrogens is 2. The highest BCUT2D eigenvalue weighted by molar-refractivity contribution is 6.13. The predicted molar refractivity (Wildman–Crippen MR) is 140 cm³/mol. The Bertz CT molecular complexity index is 1620. The molecule has 0 bridgehead atoms. The van der Waals surface area contributed by atoms with Gasteiger partial charge in [0.05, 0.1) is 33.0 Å². The summed E-state index contributed by atoms with van der Waals surface area (Å²) in [7, 11) is 0. The van der Waals surface area contributed by atoms with Gasteiger partial charge < -0.3 is 14.5 Å². The fourth-order valence-electron chi connectivity index (χ4n) is 5.18. The van der Waals surface area contributed by atoms with Crippen LogP contribution in [0.5, 0.6) is 0 Å². The zero-order valence-electron chi connectivity index (χ0n) is 19.4. The van der Waals surface area contributed by atoms with E-state index in [1.165, 1.54) is 0 Å². The van der Waals surface area contributed by atoms with Crippen LogP contribution in [0.1, 0.15) is 33.6 Å². The van der Waals surface area contributed by atoms with Crippen molar-refractivity contribution in [2.45, 2.75) is 40.2 Å². The fraction of sp³-hybridized carbons (Fsp3) is 0.286. The molecular weight excluding hydrogens is 410 g/mol. The van der Waals surface area contributed by atoms with Crippen LogP contribution in [0.4, 0.5) is 5.69 Å². The number of H-pyrrole nitrogens is 1. The Morgan fingerprint density at radius 1 is 0.788 bits per heavy atom.